The van der Waals surface area contributed by atoms with Gasteiger partial charge >= 0.3 is 6.18 Å². The lowest BCUT2D eigenvalue weighted by Crippen LogP contribution is -2.24. The van der Waals surface area contributed by atoms with Crippen LogP contribution in [0.15, 0.2) is 42.5 Å². The van der Waals surface area contributed by atoms with Gasteiger partial charge in [-0.15, -0.1) is 0 Å². The quantitative estimate of drug-likeness (QED) is 0.761. The first-order chi connectivity index (χ1) is 12.6. The van der Waals surface area contributed by atoms with Gasteiger partial charge in [-0.2, -0.15) is 13.2 Å². The van der Waals surface area contributed by atoms with Crippen molar-refractivity contribution >= 4 is 34.8 Å². The molecule has 2 aromatic carbocycles. The molecule has 0 saturated carbocycles. The van der Waals surface area contributed by atoms with Crippen LogP contribution < -0.4 is 10.6 Å². The van der Waals surface area contributed by atoms with Crippen molar-refractivity contribution in [2.24, 2.45) is 0 Å². The maximum Gasteiger partial charge on any atom is 0.416 e. The second-order valence-electron chi connectivity index (χ2n) is 5.65. The highest BCUT2D eigenvalue weighted by Gasteiger charge is 2.31. The molecule has 0 atom stereocenters. The van der Waals surface area contributed by atoms with Crippen LogP contribution in [-0.2, 0) is 20.5 Å². The standard InChI is InChI=1S/C18H16ClF3N2O3/c1-11-3-2-4-13(7-11)23-16(25)9-27-10-17(26)24-15-8-12(18(20,21)22)5-6-14(15)19/h2-8H,9-10H2,1H3,(H,23,25)(H,24,26). The van der Waals surface area contributed by atoms with Crippen molar-refractivity contribution in [3.05, 3.63) is 58.6 Å². The molecule has 0 aliphatic rings. The second-order valence-corrected chi connectivity index (χ2v) is 6.06. The van der Waals surface area contributed by atoms with Gasteiger partial charge in [-0.25, -0.2) is 0 Å². The van der Waals surface area contributed by atoms with E-state index < -0.39 is 36.8 Å². The smallest absolute Gasteiger partial charge is 0.362 e. The molecule has 5 nitrogen and oxygen atoms in total. The number of hydrogen-bond acceptors (Lipinski definition) is 3. The predicted molar refractivity (Wildman–Crippen MR) is 95.7 cm³/mol. The Kier molecular flexibility index (Phi) is 6.81. The third kappa shape index (κ3) is 6.58. The predicted octanol–water partition coefficient (Wildman–Crippen LogP) is 4.26. The lowest BCUT2D eigenvalue weighted by atomic mass is 10.2. The molecule has 2 amide bonds. The summed E-state index contributed by atoms with van der Waals surface area (Å²) in [4.78, 5) is 23.6. The Balaban J connectivity index is 1.83. The van der Waals surface area contributed by atoms with E-state index in [1.54, 1.807) is 18.2 Å². The molecular formula is C18H16ClF3N2O3. The molecular weight excluding hydrogens is 385 g/mol. The maximum absolute atomic E-state index is 12.7. The molecule has 2 aromatic rings. The van der Waals surface area contributed by atoms with Crippen molar-refractivity contribution < 1.29 is 27.5 Å². The highest BCUT2D eigenvalue weighted by atomic mass is 35.5. The van der Waals surface area contributed by atoms with Crippen molar-refractivity contribution in [2.75, 3.05) is 23.8 Å². The SMILES string of the molecule is Cc1cccc(NC(=O)COCC(=O)Nc2cc(C(F)(F)F)ccc2Cl)c1. The Morgan fingerprint density at radius 2 is 1.70 bits per heavy atom. The molecule has 9 heteroatoms. The second kappa shape index (κ2) is 8.88. The summed E-state index contributed by atoms with van der Waals surface area (Å²) < 4.78 is 43.1. The number of hydrogen-bond donors (Lipinski definition) is 2. The lowest BCUT2D eigenvalue weighted by molar-refractivity contribution is -0.137. The number of amides is 2. The zero-order valence-corrected chi connectivity index (χ0v) is 14.9. The molecule has 0 radical (unpaired) electrons. The number of alkyl halides is 3. The molecule has 27 heavy (non-hydrogen) atoms. The summed E-state index contributed by atoms with van der Waals surface area (Å²) >= 11 is 5.79. The maximum atomic E-state index is 12.7. The normalized spacial score (nSPS) is 11.1. The van der Waals surface area contributed by atoms with Gasteiger partial charge in [0.1, 0.15) is 13.2 Å². The molecule has 2 rings (SSSR count). The zero-order valence-electron chi connectivity index (χ0n) is 14.2. The first-order valence-corrected chi connectivity index (χ1v) is 8.14. The number of benzene rings is 2. The van der Waals surface area contributed by atoms with Crippen LogP contribution >= 0.6 is 11.6 Å². The fraction of sp³-hybridized carbons (Fsp3) is 0.222. The van der Waals surface area contributed by atoms with E-state index in [0.717, 1.165) is 23.8 Å². The van der Waals surface area contributed by atoms with Crippen LogP contribution in [-0.4, -0.2) is 25.0 Å². The van der Waals surface area contributed by atoms with Gasteiger partial charge in [0.2, 0.25) is 11.8 Å². The monoisotopic (exact) mass is 400 g/mol. The van der Waals surface area contributed by atoms with E-state index in [1.165, 1.54) is 0 Å². The van der Waals surface area contributed by atoms with Crippen molar-refractivity contribution in [2.45, 2.75) is 13.1 Å². The number of anilines is 2. The summed E-state index contributed by atoms with van der Waals surface area (Å²) in [6, 6.07) is 9.69. The number of halogens is 4. The Hall–Kier alpha value is -2.58. The Morgan fingerprint density at radius 3 is 2.33 bits per heavy atom. The van der Waals surface area contributed by atoms with Crippen LogP contribution in [0, 0.1) is 6.92 Å². The van der Waals surface area contributed by atoms with E-state index >= 15 is 0 Å². The summed E-state index contributed by atoms with van der Waals surface area (Å²) in [7, 11) is 0. The van der Waals surface area contributed by atoms with Crippen LogP contribution in [0.2, 0.25) is 5.02 Å². The van der Waals surface area contributed by atoms with Gasteiger partial charge in [0.05, 0.1) is 16.3 Å². The van der Waals surface area contributed by atoms with E-state index in [4.69, 9.17) is 16.3 Å². The Bertz CT molecular complexity index is 841. The molecule has 144 valence electrons. The van der Waals surface area contributed by atoms with Gasteiger partial charge in [0.15, 0.2) is 0 Å². The largest absolute Gasteiger partial charge is 0.416 e. The minimum atomic E-state index is -4.56. The third-order valence-corrected chi connectivity index (χ3v) is 3.67. The van der Waals surface area contributed by atoms with Gasteiger partial charge in [-0.3, -0.25) is 9.59 Å². The first-order valence-electron chi connectivity index (χ1n) is 7.76. The van der Waals surface area contributed by atoms with Gasteiger partial charge in [0.25, 0.3) is 0 Å². The van der Waals surface area contributed by atoms with Crippen LogP contribution in [0.1, 0.15) is 11.1 Å². The molecule has 0 aliphatic heterocycles. The van der Waals surface area contributed by atoms with E-state index in [2.05, 4.69) is 10.6 Å². The molecule has 0 bridgehead atoms. The van der Waals surface area contributed by atoms with Crippen LogP contribution in [0.25, 0.3) is 0 Å². The Labute approximate surface area is 158 Å². The van der Waals surface area contributed by atoms with E-state index in [9.17, 15) is 22.8 Å². The Morgan fingerprint density at radius 1 is 1.04 bits per heavy atom. The number of ether oxygens (including phenoxy) is 1. The summed E-state index contributed by atoms with van der Waals surface area (Å²) in [6.45, 7) is 0.959. The molecule has 2 N–H and O–H groups in total. The van der Waals surface area contributed by atoms with Crippen molar-refractivity contribution in [1.82, 2.24) is 0 Å². The summed E-state index contributed by atoms with van der Waals surface area (Å²) in [5, 5.41) is 4.78. The topological polar surface area (TPSA) is 67.4 Å². The van der Waals surface area contributed by atoms with Crippen molar-refractivity contribution in [1.29, 1.82) is 0 Å². The summed E-state index contributed by atoms with van der Waals surface area (Å²) in [6.07, 6.45) is -4.56. The van der Waals surface area contributed by atoms with Crippen LogP contribution in [0.3, 0.4) is 0 Å². The van der Waals surface area contributed by atoms with Crippen molar-refractivity contribution in [3.63, 3.8) is 0 Å². The number of rotatable bonds is 6. The first kappa shape index (κ1) is 20.7. The van der Waals surface area contributed by atoms with E-state index in [1.807, 2.05) is 13.0 Å². The number of aryl methyl sites for hydroxylation is 1. The fourth-order valence-electron chi connectivity index (χ4n) is 2.14. The average Bonchev–Trinajstić information content (AvgIpc) is 2.55. The third-order valence-electron chi connectivity index (χ3n) is 3.34. The van der Waals surface area contributed by atoms with Crippen molar-refractivity contribution in [3.8, 4) is 0 Å². The van der Waals surface area contributed by atoms with Gasteiger partial charge in [0, 0.05) is 5.69 Å². The molecule has 0 heterocycles. The van der Waals surface area contributed by atoms with E-state index in [-0.39, 0.29) is 10.7 Å². The fourth-order valence-corrected chi connectivity index (χ4v) is 2.30. The number of carbonyl (C=O) groups is 2. The molecule has 0 spiro atoms. The van der Waals surface area contributed by atoms with Gasteiger partial charge < -0.3 is 15.4 Å². The molecule has 0 aliphatic carbocycles. The minimum absolute atomic E-state index is 0.0476. The van der Waals surface area contributed by atoms with Crippen LogP contribution in [0.5, 0.6) is 0 Å². The number of nitrogens with one attached hydrogen (secondary N) is 2. The minimum Gasteiger partial charge on any atom is -0.362 e. The summed E-state index contributed by atoms with van der Waals surface area (Å²) in [5.41, 5.74) is 0.416. The molecule has 0 saturated heterocycles. The zero-order chi connectivity index (χ0) is 20.0. The lowest BCUT2D eigenvalue weighted by Gasteiger charge is -2.12. The number of carbonyl (C=O) groups excluding carboxylic acids is 2. The molecule has 0 unspecified atom stereocenters. The molecule has 0 fully saturated rings. The average molecular weight is 401 g/mol. The van der Waals surface area contributed by atoms with Gasteiger partial charge in [-0.1, -0.05) is 23.7 Å². The molecule has 0 aromatic heterocycles. The van der Waals surface area contributed by atoms with E-state index in [0.29, 0.717) is 5.69 Å². The highest BCUT2D eigenvalue weighted by molar-refractivity contribution is 6.33. The van der Waals surface area contributed by atoms with Gasteiger partial charge in [-0.05, 0) is 42.8 Å². The van der Waals surface area contributed by atoms with Crippen LogP contribution in [0.4, 0.5) is 24.5 Å². The highest BCUT2D eigenvalue weighted by Crippen LogP contribution is 2.33. The summed E-state index contributed by atoms with van der Waals surface area (Å²) in [5.74, 6) is -1.20.